The van der Waals surface area contributed by atoms with Gasteiger partial charge in [-0.05, 0) is 85.0 Å². The van der Waals surface area contributed by atoms with Crippen molar-refractivity contribution < 1.29 is 22.2 Å². The molecule has 3 aromatic rings. The van der Waals surface area contributed by atoms with Gasteiger partial charge < -0.3 is 4.84 Å². The monoisotopic (exact) mass is 568 g/mol. The third-order valence-electron chi connectivity index (χ3n) is 6.30. The number of hydrogen-bond acceptors (Lipinski definition) is 4. The van der Waals surface area contributed by atoms with E-state index in [1.807, 2.05) is 39.0 Å². The summed E-state index contributed by atoms with van der Waals surface area (Å²) in [7, 11) is -2.63. The van der Waals surface area contributed by atoms with Crippen LogP contribution in [0, 0.1) is 20.8 Å². The molecule has 0 aromatic heterocycles. The lowest BCUT2D eigenvalue weighted by Crippen LogP contribution is -2.42. The van der Waals surface area contributed by atoms with Gasteiger partial charge in [0.1, 0.15) is 0 Å². The summed E-state index contributed by atoms with van der Waals surface area (Å²) in [6, 6.07) is 14.6. The van der Waals surface area contributed by atoms with Crippen molar-refractivity contribution in [3.05, 3.63) is 98.0 Å². The number of aryl methyl sites for hydroxylation is 3. The molecular weight excluding hydrogens is 544 g/mol. The van der Waals surface area contributed by atoms with Gasteiger partial charge in [-0.15, -0.1) is 0 Å². The zero-order valence-corrected chi connectivity index (χ0v) is 22.9. The Morgan fingerprint density at radius 1 is 1.00 bits per heavy atom. The molecule has 0 spiro atoms. The topological polar surface area (TPSA) is 51.0 Å². The summed E-state index contributed by atoms with van der Waals surface area (Å²) in [4.78, 5) is 5.76. The molecule has 4 nitrogen and oxygen atoms in total. The Bertz CT molecular complexity index is 1490. The molecule has 0 aliphatic carbocycles. The van der Waals surface area contributed by atoms with E-state index < -0.39 is 27.9 Å². The number of alkyl halides is 3. The normalized spacial score (nSPS) is 19.2. The minimum atomic E-state index is -4.77. The van der Waals surface area contributed by atoms with Crippen molar-refractivity contribution in [3.8, 4) is 0 Å². The van der Waals surface area contributed by atoms with Crippen LogP contribution in [0.3, 0.4) is 0 Å². The first-order chi connectivity index (χ1) is 17.2. The van der Waals surface area contributed by atoms with E-state index in [4.69, 9.17) is 28.0 Å². The van der Waals surface area contributed by atoms with Gasteiger partial charge in [0.25, 0.3) is 5.60 Å². The Balaban J connectivity index is 1.60. The second-order valence-electron chi connectivity index (χ2n) is 9.34. The van der Waals surface area contributed by atoms with Crippen molar-refractivity contribution in [2.45, 2.75) is 50.4 Å². The van der Waals surface area contributed by atoms with E-state index in [2.05, 4.69) is 9.52 Å². The molecule has 196 valence electrons. The van der Waals surface area contributed by atoms with E-state index >= 15 is 0 Å². The van der Waals surface area contributed by atoms with E-state index in [-0.39, 0.29) is 27.9 Å². The minimum Gasteiger partial charge on any atom is -0.374 e. The summed E-state index contributed by atoms with van der Waals surface area (Å²) in [5, 5.41) is 3.95. The number of rotatable bonds is 5. The Labute approximate surface area is 224 Å². The van der Waals surface area contributed by atoms with Crippen LogP contribution < -0.4 is 0 Å². The molecule has 0 radical (unpaired) electrons. The van der Waals surface area contributed by atoms with Crippen molar-refractivity contribution in [2.24, 2.45) is 9.52 Å². The third-order valence-corrected chi connectivity index (χ3v) is 8.47. The van der Waals surface area contributed by atoms with Gasteiger partial charge in [0, 0.05) is 33.2 Å². The SMILES string of the molecule is Cc1cc(C)cc(S(C)(=O)=NCc2ccc(C3=NOC(c4cc(Cl)cc(Cl)c4)(C(F)(F)F)C3)cc2C)c1. The van der Waals surface area contributed by atoms with Crippen molar-refractivity contribution in [3.63, 3.8) is 0 Å². The van der Waals surface area contributed by atoms with Crippen molar-refractivity contribution in [1.29, 1.82) is 0 Å². The Morgan fingerprint density at radius 3 is 2.19 bits per heavy atom. The molecule has 0 bridgehead atoms. The van der Waals surface area contributed by atoms with Gasteiger partial charge >= 0.3 is 6.18 Å². The minimum absolute atomic E-state index is 0.0699. The molecule has 10 heteroatoms. The number of nitrogens with zero attached hydrogens (tertiary/aromatic N) is 2. The summed E-state index contributed by atoms with van der Waals surface area (Å²) >= 11 is 11.9. The fourth-order valence-corrected chi connectivity index (χ4v) is 6.19. The molecule has 0 saturated heterocycles. The molecule has 2 atom stereocenters. The molecule has 2 unspecified atom stereocenters. The maximum atomic E-state index is 14.3. The van der Waals surface area contributed by atoms with Gasteiger partial charge in [-0.2, -0.15) is 13.2 Å². The van der Waals surface area contributed by atoms with Crippen molar-refractivity contribution in [2.75, 3.05) is 6.26 Å². The first kappa shape index (κ1) is 27.5. The first-order valence-electron chi connectivity index (χ1n) is 11.3. The van der Waals surface area contributed by atoms with E-state index in [0.29, 0.717) is 10.5 Å². The highest BCUT2D eigenvalue weighted by Crippen LogP contribution is 2.49. The molecule has 1 heterocycles. The van der Waals surface area contributed by atoms with Gasteiger partial charge in [0.05, 0.1) is 22.0 Å². The molecule has 1 aliphatic heterocycles. The van der Waals surface area contributed by atoms with Crippen LogP contribution in [0.15, 0.2) is 69.0 Å². The lowest BCUT2D eigenvalue weighted by Gasteiger charge is -2.29. The molecule has 0 N–H and O–H groups in total. The Morgan fingerprint density at radius 2 is 1.62 bits per heavy atom. The fourth-order valence-electron chi connectivity index (χ4n) is 4.32. The molecule has 0 fully saturated rings. The molecule has 0 amide bonds. The van der Waals surface area contributed by atoms with Crippen molar-refractivity contribution >= 4 is 38.6 Å². The summed E-state index contributed by atoms with van der Waals surface area (Å²) in [5.41, 5.74) is 1.35. The Hall–Kier alpha value is -2.55. The highest BCUT2D eigenvalue weighted by Gasteiger charge is 2.62. The average Bonchev–Trinajstić information content (AvgIpc) is 3.24. The van der Waals surface area contributed by atoms with E-state index in [0.717, 1.165) is 22.3 Å². The van der Waals surface area contributed by atoms with E-state index in [9.17, 15) is 17.4 Å². The summed E-state index contributed by atoms with van der Waals surface area (Å²) < 4.78 is 60.6. The molecule has 1 aliphatic rings. The predicted molar refractivity (Wildman–Crippen MR) is 142 cm³/mol. The summed E-state index contributed by atoms with van der Waals surface area (Å²) in [5.74, 6) is 0. The Kier molecular flexibility index (Phi) is 7.40. The van der Waals surface area contributed by atoms with Crippen molar-refractivity contribution in [1.82, 2.24) is 0 Å². The number of benzene rings is 3. The largest absolute Gasteiger partial charge is 0.435 e. The fraction of sp³-hybridized carbons (Fsp3) is 0.296. The van der Waals surface area contributed by atoms with Crippen LogP contribution in [0.5, 0.6) is 0 Å². The molecular formula is C27H25Cl2F3N2O2S. The highest BCUT2D eigenvalue weighted by molar-refractivity contribution is 7.93. The first-order valence-corrected chi connectivity index (χ1v) is 14.0. The lowest BCUT2D eigenvalue weighted by atomic mass is 9.86. The smallest absolute Gasteiger partial charge is 0.374 e. The predicted octanol–water partition coefficient (Wildman–Crippen LogP) is 8.16. The maximum Gasteiger partial charge on any atom is 0.435 e. The third kappa shape index (κ3) is 5.66. The summed E-state index contributed by atoms with van der Waals surface area (Å²) in [6.07, 6.45) is -3.70. The summed E-state index contributed by atoms with van der Waals surface area (Å²) in [6.45, 7) is 5.91. The zero-order valence-electron chi connectivity index (χ0n) is 20.6. The van der Waals surface area contributed by atoms with Crippen LogP contribution in [0.1, 0.15) is 39.8 Å². The average molecular weight is 569 g/mol. The molecule has 0 saturated carbocycles. The molecule has 4 rings (SSSR count). The number of halogens is 5. The zero-order chi connectivity index (χ0) is 27.2. The second-order valence-corrected chi connectivity index (χ2v) is 12.6. The van der Waals surface area contributed by atoms with E-state index in [1.165, 1.54) is 18.2 Å². The maximum absolute atomic E-state index is 14.3. The molecule has 3 aromatic carbocycles. The van der Waals surface area contributed by atoms with Gasteiger partial charge in [-0.3, -0.25) is 0 Å². The second kappa shape index (κ2) is 9.97. The van der Waals surface area contributed by atoms with Crippen LogP contribution >= 0.6 is 23.2 Å². The van der Waals surface area contributed by atoms with Gasteiger partial charge in [0.15, 0.2) is 0 Å². The quantitative estimate of drug-likeness (QED) is 0.311. The van der Waals surface area contributed by atoms with Gasteiger partial charge in [-0.25, -0.2) is 8.57 Å². The number of hydrogen-bond donors (Lipinski definition) is 0. The highest BCUT2D eigenvalue weighted by atomic mass is 35.5. The van der Waals surface area contributed by atoms with Crippen LogP contribution in [-0.4, -0.2) is 22.4 Å². The van der Waals surface area contributed by atoms with Crippen LogP contribution in [0.2, 0.25) is 10.0 Å². The van der Waals surface area contributed by atoms with Gasteiger partial charge in [0.2, 0.25) is 0 Å². The van der Waals surface area contributed by atoms with Crippen LogP contribution in [-0.2, 0) is 26.7 Å². The standard InChI is InChI=1S/C27H25Cl2F3N2O2S/c1-16-7-17(2)9-24(8-16)37(4,35)33-15-20-6-5-19(10-18(20)3)25-14-26(36-34-25,27(30,31)32)21-11-22(28)13-23(29)12-21/h5-13H,14-15H2,1-4H3. The molecule has 37 heavy (non-hydrogen) atoms. The van der Waals surface area contributed by atoms with Gasteiger partial charge in [-0.1, -0.05) is 46.6 Å². The van der Waals surface area contributed by atoms with E-state index in [1.54, 1.807) is 24.5 Å². The lowest BCUT2D eigenvalue weighted by molar-refractivity contribution is -0.275. The number of oxime groups is 1. The van der Waals surface area contributed by atoms with Crippen LogP contribution in [0.25, 0.3) is 0 Å². The van der Waals surface area contributed by atoms with Crippen LogP contribution in [0.4, 0.5) is 13.2 Å².